The average molecular weight is 313 g/mol. The van der Waals surface area contributed by atoms with Crippen LogP contribution in [0.15, 0.2) is 24.3 Å². The van der Waals surface area contributed by atoms with Crippen LogP contribution < -0.4 is 15.4 Å². The number of ether oxygens (including phenoxy) is 1. The Balaban J connectivity index is 0.00000220. The zero-order valence-electron chi connectivity index (χ0n) is 12.6. The molecule has 4 nitrogen and oxygen atoms in total. The lowest BCUT2D eigenvalue weighted by Gasteiger charge is -2.08. The Morgan fingerprint density at radius 1 is 1.19 bits per heavy atom. The van der Waals surface area contributed by atoms with Gasteiger partial charge in [0, 0.05) is 18.7 Å². The highest BCUT2D eigenvalue weighted by Crippen LogP contribution is 2.29. The highest BCUT2D eigenvalue weighted by molar-refractivity contribution is 5.94. The van der Waals surface area contributed by atoms with Crippen molar-refractivity contribution >= 4 is 18.3 Å². The largest absolute Gasteiger partial charge is 0.493 e. The van der Waals surface area contributed by atoms with Gasteiger partial charge < -0.3 is 15.4 Å². The van der Waals surface area contributed by atoms with E-state index in [0.717, 1.165) is 37.8 Å². The molecule has 21 heavy (non-hydrogen) atoms. The first-order valence-electron chi connectivity index (χ1n) is 7.51. The summed E-state index contributed by atoms with van der Waals surface area (Å²) in [4.78, 5) is 11.9. The van der Waals surface area contributed by atoms with Gasteiger partial charge in [-0.1, -0.05) is 6.92 Å². The van der Waals surface area contributed by atoms with Gasteiger partial charge in [-0.3, -0.25) is 4.79 Å². The van der Waals surface area contributed by atoms with Gasteiger partial charge in [0.15, 0.2) is 0 Å². The normalized spacial score (nSPS) is 13.4. The molecule has 0 spiro atoms. The van der Waals surface area contributed by atoms with Gasteiger partial charge in [0.1, 0.15) is 5.75 Å². The smallest absolute Gasteiger partial charge is 0.251 e. The first kappa shape index (κ1) is 17.8. The highest BCUT2D eigenvalue weighted by atomic mass is 35.5. The van der Waals surface area contributed by atoms with Crippen LogP contribution in [0, 0.1) is 5.92 Å². The van der Waals surface area contributed by atoms with E-state index >= 15 is 0 Å². The second kappa shape index (κ2) is 9.64. The molecule has 2 N–H and O–H groups in total. The summed E-state index contributed by atoms with van der Waals surface area (Å²) in [5.41, 5.74) is 0.680. The van der Waals surface area contributed by atoms with Crippen LogP contribution in [0.1, 0.15) is 36.5 Å². The van der Waals surface area contributed by atoms with Crippen molar-refractivity contribution in [1.82, 2.24) is 10.6 Å². The van der Waals surface area contributed by atoms with Gasteiger partial charge in [-0.15, -0.1) is 12.4 Å². The number of benzene rings is 1. The van der Waals surface area contributed by atoms with Crippen molar-refractivity contribution in [2.45, 2.75) is 26.2 Å². The van der Waals surface area contributed by atoms with Crippen LogP contribution in [0.5, 0.6) is 5.75 Å². The number of rotatable bonds is 9. The summed E-state index contributed by atoms with van der Waals surface area (Å²) in [6.07, 6.45) is 3.68. The van der Waals surface area contributed by atoms with Crippen molar-refractivity contribution in [3.63, 3.8) is 0 Å². The average Bonchev–Trinajstić information content (AvgIpc) is 3.29. The molecule has 1 aliphatic carbocycles. The van der Waals surface area contributed by atoms with Crippen LogP contribution in [0.25, 0.3) is 0 Å². The topological polar surface area (TPSA) is 50.4 Å². The first-order valence-corrected chi connectivity index (χ1v) is 7.51. The SMILES string of the molecule is CCCNCCNC(=O)c1ccc(OCC2CC2)cc1.Cl. The van der Waals surface area contributed by atoms with E-state index in [0.29, 0.717) is 12.1 Å². The Labute approximate surface area is 133 Å². The van der Waals surface area contributed by atoms with Crippen LogP contribution in [0.4, 0.5) is 0 Å². The third-order valence-electron chi connectivity index (χ3n) is 3.31. The van der Waals surface area contributed by atoms with Gasteiger partial charge in [-0.2, -0.15) is 0 Å². The van der Waals surface area contributed by atoms with Crippen LogP contribution in [-0.2, 0) is 0 Å². The molecule has 0 saturated heterocycles. The van der Waals surface area contributed by atoms with Crippen LogP contribution in [0.3, 0.4) is 0 Å². The summed E-state index contributed by atoms with van der Waals surface area (Å²) in [6.45, 7) is 5.37. The van der Waals surface area contributed by atoms with Crippen molar-refractivity contribution < 1.29 is 9.53 Å². The Kier molecular flexibility index (Phi) is 8.16. The highest BCUT2D eigenvalue weighted by Gasteiger charge is 2.21. The fraction of sp³-hybridized carbons (Fsp3) is 0.562. The lowest BCUT2D eigenvalue weighted by molar-refractivity contribution is 0.0954. The molecule has 118 valence electrons. The Hall–Kier alpha value is -1.26. The second-order valence-electron chi connectivity index (χ2n) is 5.28. The van der Waals surface area contributed by atoms with Crippen LogP contribution in [-0.4, -0.2) is 32.1 Å². The number of carbonyl (C=O) groups is 1. The zero-order valence-corrected chi connectivity index (χ0v) is 13.4. The minimum Gasteiger partial charge on any atom is -0.493 e. The van der Waals surface area contributed by atoms with Crippen LogP contribution in [0.2, 0.25) is 0 Å². The predicted octanol–water partition coefficient (Wildman–Crippen LogP) is 2.63. The van der Waals surface area contributed by atoms with Gasteiger partial charge >= 0.3 is 0 Å². The molecular formula is C16H25ClN2O2. The van der Waals surface area contributed by atoms with E-state index in [4.69, 9.17) is 4.74 Å². The molecular weight excluding hydrogens is 288 g/mol. The lowest BCUT2D eigenvalue weighted by Crippen LogP contribution is -2.32. The molecule has 0 radical (unpaired) electrons. The van der Waals surface area contributed by atoms with Gasteiger partial charge in [0.2, 0.25) is 0 Å². The van der Waals surface area contributed by atoms with E-state index in [-0.39, 0.29) is 18.3 Å². The summed E-state index contributed by atoms with van der Waals surface area (Å²) < 4.78 is 5.65. The molecule has 1 amide bonds. The number of carbonyl (C=O) groups excluding carboxylic acids is 1. The molecule has 1 aliphatic rings. The molecule has 1 aromatic carbocycles. The maximum absolute atomic E-state index is 11.9. The Morgan fingerprint density at radius 2 is 1.90 bits per heavy atom. The van der Waals surface area contributed by atoms with Crippen LogP contribution >= 0.6 is 12.4 Å². The van der Waals surface area contributed by atoms with E-state index in [9.17, 15) is 4.79 Å². The second-order valence-corrected chi connectivity index (χ2v) is 5.28. The molecule has 0 bridgehead atoms. The van der Waals surface area contributed by atoms with E-state index in [1.807, 2.05) is 24.3 Å². The fourth-order valence-electron chi connectivity index (χ4n) is 1.87. The molecule has 1 fully saturated rings. The van der Waals surface area contributed by atoms with Gasteiger partial charge in [0.05, 0.1) is 6.61 Å². The molecule has 0 unspecified atom stereocenters. The molecule has 5 heteroatoms. The summed E-state index contributed by atoms with van der Waals surface area (Å²) in [5, 5.41) is 6.14. The lowest BCUT2D eigenvalue weighted by atomic mass is 10.2. The molecule has 0 heterocycles. The molecule has 0 aromatic heterocycles. The summed E-state index contributed by atoms with van der Waals surface area (Å²) in [6, 6.07) is 7.37. The summed E-state index contributed by atoms with van der Waals surface area (Å²) in [5.74, 6) is 1.56. The van der Waals surface area contributed by atoms with Crippen molar-refractivity contribution in [2.24, 2.45) is 5.92 Å². The van der Waals surface area contributed by atoms with Crippen molar-refractivity contribution in [3.05, 3.63) is 29.8 Å². The molecule has 0 aliphatic heterocycles. The summed E-state index contributed by atoms with van der Waals surface area (Å²) >= 11 is 0. The number of nitrogens with one attached hydrogen (secondary N) is 2. The first-order chi connectivity index (χ1) is 9.79. The molecule has 2 rings (SSSR count). The van der Waals surface area contributed by atoms with Crippen molar-refractivity contribution in [2.75, 3.05) is 26.2 Å². The van der Waals surface area contributed by atoms with E-state index in [1.54, 1.807) is 0 Å². The fourth-order valence-corrected chi connectivity index (χ4v) is 1.87. The maximum Gasteiger partial charge on any atom is 0.251 e. The van der Waals surface area contributed by atoms with Gasteiger partial charge in [-0.25, -0.2) is 0 Å². The molecule has 1 aromatic rings. The van der Waals surface area contributed by atoms with Crippen molar-refractivity contribution in [1.29, 1.82) is 0 Å². The standard InChI is InChI=1S/C16H24N2O2.ClH/c1-2-9-17-10-11-18-16(19)14-5-7-15(8-6-14)20-12-13-3-4-13;/h5-8,13,17H,2-4,9-12H2,1H3,(H,18,19);1H. The number of hydrogen-bond donors (Lipinski definition) is 2. The summed E-state index contributed by atoms with van der Waals surface area (Å²) in [7, 11) is 0. The minimum atomic E-state index is -0.0305. The Bertz CT molecular complexity index is 419. The van der Waals surface area contributed by atoms with E-state index in [1.165, 1.54) is 12.8 Å². The number of hydrogen-bond acceptors (Lipinski definition) is 3. The minimum absolute atomic E-state index is 0. The molecule has 1 saturated carbocycles. The third-order valence-corrected chi connectivity index (χ3v) is 3.31. The van der Waals surface area contributed by atoms with E-state index in [2.05, 4.69) is 17.6 Å². The van der Waals surface area contributed by atoms with E-state index < -0.39 is 0 Å². The van der Waals surface area contributed by atoms with Gasteiger partial charge in [0.25, 0.3) is 5.91 Å². The zero-order chi connectivity index (χ0) is 14.2. The maximum atomic E-state index is 11.9. The number of halogens is 1. The third kappa shape index (κ3) is 6.82. The van der Waals surface area contributed by atoms with Gasteiger partial charge in [-0.05, 0) is 56.0 Å². The Morgan fingerprint density at radius 3 is 2.52 bits per heavy atom. The monoisotopic (exact) mass is 312 g/mol. The predicted molar refractivity (Wildman–Crippen MR) is 87.4 cm³/mol. The number of amides is 1. The van der Waals surface area contributed by atoms with Crippen molar-refractivity contribution in [3.8, 4) is 5.75 Å². The molecule has 0 atom stereocenters. The quantitative estimate of drug-likeness (QED) is 0.689.